The second-order valence-electron chi connectivity index (χ2n) is 6.52. The third kappa shape index (κ3) is 5.31. The minimum Gasteiger partial charge on any atom is -0.376 e. The van der Waals surface area contributed by atoms with Crippen molar-refractivity contribution in [1.29, 1.82) is 0 Å². The molecule has 0 aliphatic rings. The molecule has 0 aliphatic carbocycles. The summed E-state index contributed by atoms with van der Waals surface area (Å²) in [5, 5.41) is 3.32. The van der Waals surface area contributed by atoms with Crippen LogP contribution in [0.2, 0.25) is 5.02 Å². The van der Waals surface area contributed by atoms with Gasteiger partial charge in [0.15, 0.2) is 5.78 Å². The van der Waals surface area contributed by atoms with Gasteiger partial charge in [0.05, 0.1) is 11.4 Å². The Labute approximate surface area is 163 Å². The third-order valence-corrected chi connectivity index (χ3v) is 4.36. The van der Waals surface area contributed by atoms with Crippen LogP contribution in [0.25, 0.3) is 0 Å². The molecule has 1 atom stereocenters. The topological polar surface area (TPSA) is 92.5 Å². The summed E-state index contributed by atoms with van der Waals surface area (Å²) in [6.07, 6.45) is 0.00905. The Morgan fingerprint density at radius 2 is 1.67 bits per heavy atom. The molecule has 0 saturated heterocycles. The predicted molar refractivity (Wildman–Crippen MR) is 107 cm³/mol. The summed E-state index contributed by atoms with van der Waals surface area (Å²) < 4.78 is 0. The molecule has 0 aliphatic heterocycles. The standard InChI is InChI=1S/C20H22ClN3O3/c1-12(19(26)13-4-7-15(21)8-5-13)10-18(25)23-16-11-14(20(22)27)6-9-17(16)24(2)3/h4-9,11-12H,10H2,1-3H3,(H2,22,27)(H,23,25). The first kappa shape index (κ1) is 20.5. The van der Waals surface area contributed by atoms with Gasteiger partial charge in [0.25, 0.3) is 0 Å². The molecular formula is C20H22ClN3O3. The number of hydrogen-bond acceptors (Lipinski definition) is 4. The van der Waals surface area contributed by atoms with Crippen molar-refractivity contribution in [2.75, 3.05) is 24.3 Å². The van der Waals surface area contributed by atoms with Gasteiger partial charge in [-0.25, -0.2) is 0 Å². The number of nitrogens with one attached hydrogen (secondary N) is 1. The third-order valence-electron chi connectivity index (χ3n) is 4.10. The van der Waals surface area contributed by atoms with E-state index >= 15 is 0 Å². The number of nitrogens with two attached hydrogens (primary N) is 1. The van der Waals surface area contributed by atoms with Crippen molar-refractivity contribution in [1.82, 2.24) is 0 Å². The molecule has 0 spiro atoms. The average molecular weight is 388 g/mol. The zero-order valence-corrected chi connectivity index (χ0v) is 16.2. The lowest BCUT2D eigenvalue weighted by Gasteiger charge is -2.19. The van der Waals surface area contributed by atoms with Crippen LogP contribution < -0.4 is 16.0 Å². The number of Topliss-reactive ketones (excluding diaryl/α,β-unsaturated/α-hetero) is 1. The fourth-order valence-electron chi connectivity index (χ4n) is 2.65. The van der Waals surface area contributed by atoms with Crippen molar-refractivity contribution in [2.24, 2.45) is 11.7 Å². The zero-order chi connectivity index (χ0) is 20.1. The van der Waals surface area contributed by atoms with Gasteiger partial charge in [0.2, 0.25) is 11.8 Å². The molecule has 2 aromatic rings. The van der Waals surface area contributed by atoms with Crippen molar-refractivity contribution in [3.63, 3.8) is 0 Å². The highest BCUT2D eigenvalue weighted by molar-refractivity contribution is 6.30. The fraction of sp³-hybridized carbons (Fsp3) is 0.250. The van der Waals surface area contributed by atoms with Crippen LogP contribution in [-0.2, 0) is 4.79 Å². The number of hydrogen-bond donors (Lipinski definition) is 2. The van der Waals surface area contributed by atoms with Crippen LogP contribution in [0.3, 0.4) is 0 Å². The van der Waals surface area contributed by atoms with Crippen LogP contribution in [-0.4, -0.2) is 31.7 Å². The molecule has 0 aromatic heterocycles. The number of nitrogens with zero attached hydrogens (tertiary/aromatic N) is 1. The largest absolute Gasteiger partial charge is 0.376 e. The van der Waals surface area contributed by atoms with Crippen molar-refractivity contribution >= 4 is 40.6 Å². The van der Waals surface area contributed by atoms with E-state index < -0.39 is 11.8 Å². The van der Waals surface area contributed by atoms with Gasteiger partial charge in [-0.2, -0.15) is 0 Å². The van der Waals surface area contributed by atoms with Crippen molar-refractivity contribution in [2.45, 2.75) is 13.3 Å². The smallest absolute Gasteiger partial charge is 0.248 e. The minimum atomic E-state index is -0.581. The number of carbonyl (C=O) groups excluding carboxylic acids is 3. The lowest BCUT2D eigenvalue weighted by atomic mass is 9.96. The molecule has 7 heteroatoms. The molecule has 2 aromatic carbocycles. The maximum atomic E-state index is 12.5. The molecule has 0 bridgehead atoms. The summed E-state index contributed by atoms with van der Waals surface area (Å²) >= 11 is 5.83. The van der Waals surface area contributed by atoms with E-state index in [1.807, 2.05) is 19.0 Å². The summed E-state index contributed by atoms with van der Waals surface area (Å²) in [6, 6.07) is 11.4. The SMILES string of the molecule is CC(CC(=O)Nc1cc(C(N)=O)ccc1N(C)C)C(=O)c1ccc(Cl)cc1. The number of primary amides is 1. The molecule has 0 fully saturated rings. The number of halogens is 1. The molecule has 0 radical (unpaired) electrons. The van der Waals surface area contributed by atoms with Crippen LogP contribution in [0.1, 0.15) is 34.1 Å². The normalized spacial score (nSPS) is 11.6. The maximum Gasteiger partial charge on any atom is 0.248 e. The van der Waals surface area contributed by atoms with E-state index in [4.69, 9.17) is 17.3 Å². The van der Waals surface area contributed by atoms with Gasteiger partial charge in [-0.15, -0.1) is 0 Å². The molecule has 0 heterocycles. The number of benzene rings is 2. The summed E-state index contributed by atoms with van der Waals surface area (Å²) in [5.74, 6) is -1.55. The van der Waals surface area contributed by atoms with E-state index in [1.54, 1.807) is 43.3 Å². The Hall–Kier alpha value is -2.86. The van der Waals surface area contributed by atoms with Crippen molar-refractivity contribution < 1.29 is 14.4 Å². The van der Waals surface area contributed by atoms with E-state index in [0.717, 1.165) is 5.69 Å². The van der Waals surface area contributed by atoms with Gasteiger partial charge in [0.1, 0.15) is 0 Å². The Balaban J connectivity index is 2.12. The molecule has 3 N–H and O–H groups in total. The molecule has 2 rings (SSSR count). The first-order chi connectivity index (χ1) is 12.7. The Kier molecular flexibility index (Phi) is 6.58. The summed E-state index contributed by atoms with van der Waals surface area (Å²) in [6.45, 7) is 1.70. The summed E-state index contributed by atoms with van der Waals surface area (Å²) in [5.41, 5.74) is 7.30. The fourth-order valence-corrected chi connectivity index (χ4v) is 2.78. The van der Waals surface area contributed by atoms with Gasteiger partial charge in [0, 0.05) is 42.6 Å². The van der Waals surface area contributed by atoms with Gasteiger partial charge >= 0.3 is 0 Å². The number of carbonyl (C=O) groups is 3. The second kappa shape index (κ2) is 8.68. The van der Waals surface area contributed by atoms with Crippen LogP contribution in [0.5, 0.6) is 0 Å². The highest BCUT2D eigenvalue weighted by atomic mass is 35.5. The van der Waals surface area contributed by atoms with Crippen LogP contribution in [0.15, 0.2) is 42.5 Å². The second-order valence-corrected chi connectivity index (χ2v) is 6.95. The summed E-state index contributed by atoms with van der Waals surface area (Å²) in [7, 11) is 3.64. The quantitative estimate of drug-likeness (QED) is 0.712. The van der Waals surface area contributed by atoms with E-state index in [0.29, 0.717) is 21.8 Å². The number of rotatable bonds is 7. The molecule has 27 heavy (non-hydrogen) atoms. The molecular weight excluding hydrogens is 366 g/mol. The first-order valence-corrected chi connectivity index (χ1v) is 8.77. The molecule has 142 valence electrons. The minimum absolute atomic E-state index is 0.00905. The number of anilines is 2. The number of ketones is 1. The molecule has 0 saturated carbocycles. The Morgan fingerprint density at radius 3 is 2.22 bits per heavy atom. The van der Waals surface area contributed by atoms with Crippen LogP contribution in [0.4, 0.5) is 11.4 Å². The highest BCUT2D eigenvalue weighted by Crippen LogP contribution is 2.26. The van der Waals surface area contributed by atoms with Gasteiger partial charge in [-0.1, -0.05) is 18.5 Å². The molecule has 6 nitrogen and oxygen atoms in total. The number of amides is 2. The lowest BCUT2D eigenvalue weighted by Crippen LogP contribution is -2.22. The van der Waals surface area contributed by atoms with Crippen LogP contribution >= 0.6 is 11.6 Å². The maximum absolute atomic E-state index is 12.5. The van der Waals surface area contributed by atoms with Gasteiger partial charge in [-0.3, -0.25) is 14.4 Å². The highest BCUT2D eigenvalue weighted by Gasteiger charge is 2.20. The molecule has 1 unspecified atom stereocenters. The van der Waals surface area contributed by atoms with Crippen molar-refractivity contribution in [3.05, 3.63) is 58.6 Å². The van der Waals surface area contributed by atoms with Crippen LogP contribution in [0, 0.1) is 5.92 Å². The van der Waals surface area contributed by atoms with E-state index in [-0.39, 0.29) is 18.1 Å². The first-order valence-electron chi connectivity index (χ1n) is 8.40. The summed E-state index contributed by atoms with van der Waals surface area (Å²) in [4.78, 5) is 38.1. The molecule has 2 amide bonds. The monoisotopic (exact) mass is 387 g/mol. The van der Waals surface area contributed by atoms with E-state index in [9.17, 15) is 14.4 Å². The van der Waals surface area contributed by atoms with Gasteiger partial charge < -0.3 is 16.0 Å². The average Bonchev–Trinajstić information content (AvgIpc) is 2.61. The zero-order valence-electron chi connectivity index (χ0n) is 15.5. The lowest BCUT2D eigenvalue weighted by molar-refractivity contribution is -0.116. The van der Waals surface area contributed by atoms with Crippen molar-refractivity contribution in [3.8, 4) is 0 Å². The van der Waals surface area contributed by atoms with E-state index in [2.05, 4.69) is 5.32 Å². The Bertz CT molecular complexity index is 863. The van der Waals surface area contributed by atoms with E-state index in [1.165, 1.54) is 6.07 Å². The predicted octanol–water partition coefficient (Wildman–Crippen LogP) is 3.35. The van der Waals surface area contributed by atoms with Gasteiger partial charge in [-0.05, 0) is 42.5 Å². The Morgan fingerprint density at radius 1 is 1.07 bits per heavy atom.